The SMILES string of the molecule is Cc1c(Cl)cccc1NC1=CC(=O)N(CCO)C1=O. The first-order valence-electron chi connectivity index (χ1n) is 5.75. The van der Waals surface area contributed by atoms with Crippen molar-refractivity contribution in [1.29, 1.82) is 0 Å². The minimum atomic E-state index is -0.446. The molecule has 0 spiro atoms. The molecular weight excluding hydrogens is 268 g/mol. The summed E-state index contributed by atoms with van der Waals surface area (Å²) in [5.41, 5.74) is 1.65. The molecule has 1 aromatic rings. The van der Waals surface area contributed by atoms with Crippen LogP contribution in [-0.4, -0.2) is 35.0 Å². The lowest BCUT2D eigenvalue weighted by Crippen LogP contribution is -2.34. The number of hydrogen-bond donors (Lipinski definition) is 2. The van der Waals surface area contributed by atoms with Crippen LogP contribution in [0.15, 0.2) is 30.0 Å². The highest BCUT2D eigenvalue weighted by atomic mass is 35.5. The molecule has 0 atom stereocenters. The number of imide groups is 1. The Morgan fingerprint density at radius 2 is 2.11 bits per heavy atom. The summed E-state index contributed by atoms with van der Waals surface area (Å²) in [4.78, 5) is 24.5. The molecule has 2 rings (SSSR count). The summed E-state index contributed by atoms with van der Waals surface area (Å²) in [5, 5.41) is 12.3. The highest BCUT2D eigenvalue weighted by Crippen LogP contribution is 2.25. The zero-order valence-electron chi connectivity index (χ0n) is 10.3. The third kappa shape index (κ3) is 2.62. The van der Waals surface area contributed by atoms with E-state index in [1.54, 1.807) is 18.2 Å². The first kappa shape index (κ1) is 13.6. The molecule has 0 radical (unpaired) electrons. The number of amides is 2. The number of anilines is 1. The van der Waals surface area contributed by atoms with Gasteiger partial charge in [-0.15, -0.1) is 0 Å². The van der Waals surface area contributed by atoms with Gasteiger partial charge in [0.1, 0.15) is 5.70 Å². The van der Waals surface area contributed by atoms with Gasteiger partial charge < -0.3 is 10.4 Å². The van der Waals surface area contributed by atoms with Gasteiger partial charge in [-0.05, 0) is 24.6 Å². The second-order valence-corrected chi connectivity index (χ2v) is 4.52. The Hall–Kier alpha value is -1.85. The molecule has 0 saturated heterocycles. The lowest BCUT2D eigenvalue weighted by molar-refractivity contribution is -0.137. The fourth-order valence-corrected chi connectivity index (χ4v) is 1.97. The molecule has 5 nitrogen and oxygen atoms in total. The van der Waals surface area contributed by atoms with Crippen molar-refractivity contribution in [3.63, 3.8) is 0 Å². The maximum Gasteiger partial charge on any atom is 0.277 e. The van der Waals surface area contributed by atoms with E-state index in [1.807, 2.05) is 6.92 Å². The zero-order valence-corrected chi connectivity index (χ0v) is 11.1. The van der Waals surface area contributed by atoms with E-state index in [0.29, 0.717) is 10.7 Å². The number of benzene rings is 1. The van der Waals surface area contributed by atoms with Gasteiger partial charge in [0.25, 0.3) is 11.8 Å². The van der Waals surface area contributed by atoms with E-state index in [-0.39, 0.29) is 18.8 Å². The molecule has 19 heavy (non-hydrogen) atoms. The fourth-order valence-electron chi connectivity index (χ4n) is 1.80. The molecule has 1 heterocycles. The first-order valence-corrected chi connectivity index (χ1v) is 6.13. The molecule has 0 fully saturated rings. The summed E-state index contributed by atoms with van der Waals surface area (Å²) in [5.74, 6) is -0.875. The Labute approximate surface area is 115 Å². The molecule has 100 valence electrons. The molecule has 2 amide bonds. The predicted octanol–water partition coefficient (Wildman–Crippen LogP) is 1.31. The quantitative estimate of drug-likeness (QED) is 0.816. The molecule has 0 unspecified atom stereocenters. The molecule has 1 aromatic carbocycles. The standard InChI is InChI=1S/C13H13ClN2O3/c1-8-9(14)3-2-4-10(8)15-11-7-12(18)16(5-6-17)13(11)19/h2-4,7,15,17H,5-6H2,1H3. The fraction of sp³-hybridized carbons (Fsp3) is 0.231. The van der Waals surface area contributed by atoms with Crippen LogP contribution in [0.2, 0.25) is 5.02 Å². The van der Waals surface area contributed by atoms with Crippen LogP contribution in [0.25, 0.3) is 0 Å². The van der Waals surface area contributed by atoms with Crippen LogP contribution in [-0.2, 0) is 9.59 Å². The van der Waals surface area contributed by atoms with E-state index in [9.17, 15) is 9.59 Å². The maximum atomic E-state index is 11.9. The van der Waals surface area contributed by atoms with Gasteiger partial charge in [0.05, 0.1) is 13.2 Å². The normalized spacial score (nSPS) is 14.9. The number of nitrogens with one attached hydrogen (secondary N) is 1. The van der Waals surface area contributed by atoms with E-state index >= 15 is 0 Å². The summed E-state index contributed by atoms with van der Waals surface area (Å²) < 4.78 is 0. The number of aliphatic hydroxyl groups excluding tert-OH is 1. The van der Waals surface area contributed by atoms with Crippen LogP contribution in [0.1, 0.15) is 5.56 Å². The highest BCUT2D eigenvalue weighted by Gasteiger charge is 2.30. The Kier molecular flexibility index (Phi) is 3.87. The van der Waals surface area contributed by atoms with E-state index in [2.05, 4.69) is 5.32 Å². The van der Waals surface area contributed by atoms with Gasteiger partial charge in [-0.1, -0.05) is 17.7 Å². The minimum absolute atomic E-state index is 0.00608. The minimum Gasteiger partial charge on any atom is -0.395 e. The summed E-state index contributed by atoms with van der Waals surface area (Å²) in [6.07, 6.45) is 1.22. The van der Waals surface area contributed by atoms with Gasteiger partial charge in [0.2, 0.25) is 0 Å². The topological polar surface area (TPSA) is 69.6 Å². The average Bonchev–Trinajstić information content (AvgIpc) is 2.63. The summed E-state index contributed by atoms with van der Waals surface area (Å²) >= 11 is 5.99. The molecule has 2 N–H and O–H groups in total. The van der Waals surface area contributed by atoms with Gasteiger partial charge in [0, 0.05) is 16.8 Å². The van der Waals surface area contributed by atoms with E-state index in [0.717, 1.165) is 10.5 Å². The van der Waals surface area contributed by atoms with Crippen LogP contribution in [0, 0.1) is 6.92 Å². The number of hydrogen-bond acceptors (Lipinski definition) is 4. The van der Waals surface area contributed by atoms with Crippen molar-refractivity contribution in [3.05, 3.63) is 40.6 Å². The van der Waals surface area contributed by atoms with Crippen LogP contribution in [0.3, 0.4) is 0 Å². The van der Waals surface area contributed by atoms with Gasteiger partial charge >= 0.3 is 0 Å². The van der Waals surface area contributed by atoms with Crippen molar-refractivity contribution in [2.24, 2.45) is 0 Å². The maximum absolute atomic E-state index is 11.9. The molecule has 0 bridgehead atoms. The lowest BCUT2D eigenvalue weighted by Gasteiger charge is -2.14. The smallest absolute Gasteiger partial charge is 0.277 e. The van der Waals surface area contributed by atoms with Gasteiger partial charge in [0.15, 0.2) is 0 Å². The number of rotatable bonds is 4. The zero-order chi connectivity index (χ0) is 14.0. The lowest BCUT2D eigenvalue weighted by atomic mass is 10.2. The van der Waals surface area contributed by atoms with E-state index < -0.39 is 11.8 Å². The van der Waals surface area contributed by atoms with Crippen molar-refractivity contribution in [3.8, 4) is 0 Å². The number of β-amino-alcohol motifs (C(OH)–C–C–N with tert-alkyl or cyclic N) is 1. The van der Waals surface area contributed by atoms with Crippen molar-refractivity contribution in [2.75, 3.05) is 18.5 Å². The highest BCUT2D eigenvalue weighted by molar-refractivity contribution is 6.31. The van der Waals surface area contributed by atoms with Crippen LogP contribution in [0.4, 0.5) is 5.69 Å². The average molecular weight is 281 g/mol. The van der Waals surface area contributed by atoms with Crippen molar-refractivity contribution >= 4 is 29.1 Å². The molecule has 0 aromatic heterocycles. The summed E-state index contributed by atoms with van der Waals surface area (Å²) in [7, 11) is 0. The molecule has 1 aliphatic rings. The number of carbonyl (C=O) groups excluding carboxylic acids is 2. The van der Waals surface area contributed by atoms with Gasteiger partial charge in [-0.25, -0.2) is 0 Å². The monoisotopic (exact) mass is 280 g/mol. The second-order valence-electron chi connectivity index (χ2n) is 4.11. The van der Waals surface area contributed by atoms with Crippen molar-refractivity contribution in [1.82, 2.24) is 4.90 Å². The van der Waals surface area contributed by atoms with Gasteiger partial charge in [-0.2, -0.15) is 0 Å². The Balaban J connectivity index is 2.21. The summed E-state index contributed by atoms with van der Waals surface area (Å²) in [6.45, 7) is 1.56. The molecular formula is C13H13ClN2O3. The van der Waals surface area contributed by atoms with Gasteiger partial charge in [-0.3, -0.25) is 14.5 Å². The van der Waals surface area contributed by atoms with E-state index in [4.69, 9.17) is 16.7 Å². The van der Waals surface area contributed by atoms with E-state index in [1.165, 1.54) is 6.08 Å². The van der Waals surface area contributed by atoms with Crippen LogP contribution >= 0.6 is 11.6 Å². The molecule has 0 saturated carbocycles. The van der Waals surface area contributed by atoms with Crippen LogP contribution in [0.5, 0.6) is 0 Å². The second kappa shape index (κ2) is 5.42. The molecule has 1 aliphatic heterocycles. The summed E-state index contributed by atoms with van der Waals surface area (Å²) in [6, 6.07) is 5.27. The Morgan fingerprint density at radius 3 is 2.79 bits per heavy atom. The Morgan fingerprint density at radius 1 is 1.37 bits per heavy atom. The first-order chi connectivity index (χ1) is 9.04. The van der Waals surface area contributed by atoms with Crippen molar-refractivity contribution < 1.29 is 14.7 Å². The third-order valence-corrected chi connectivity index (χ3v) is 3.28. The third-order valence-electron chi connectivity index (χ3n) is 2.87. The van der Waals surface area contributed by atoms with Crippen LogP contribution < -0.4 is 5.32 Å². The number of aliphatic hydroxyl groups is 1. The molecule has 6 heteroatoms. The largest absolute Gasteiger partial charge is 0.395 e. The predicted molar refractivity (Wildman–Crippen MR) is 71.7 cm³/mol. The number of halogens is 1. The Bertz CT molecular complexity index is 569. The number of carbonyl (C=O) groups is 2. The molecule has 0 aliphatic carbocycles. The number of nitrogens with zero attached hydrogens (tertiary/aromatic N) is 1. The van der Waals surface area contributed by atoms with Crippen molar-refractivity contribution in [2.45, 2.75) is 6.92 Å².